The number of rotatable bonds is 7. The monoisotopic (exact) mass is 464 g/mol. The van der Waals surface area contributed by atoms with Gasteiger partial charge in [-0.25, -0.2) is 4.68 Å². The van der Waals surface area contributed by atoms with E-state index in [0.29, 0.717) is 4.77 Å². The van der Waals surface area contributed by atoms with Gasteiger partial charge in [0.05, 0.1) is 23.3 Å². The summed E-state index contributed by atoms with van der Waals surface area (Å²) in [7, 11) is 0. The van der Waals surface area contributed by atoms with Crippen molar-refractivity contribution in [3.05, 3.63) is 107 Å². The summed E-state index contributed by atoms with van der Waals surface area (Å²) >= 11 is 5.31. The highest BCUT2D eigenvalue weighted by Crippen LogP contribution is 2.28. The minimum atomic E-state index is 0.494. The van der Waals surface area contributed by atoms with Gasteiger partial charge >= 0.3 is 0 Å². The molecule has 0 atom stereocenters. The second kappa shape index (κ2) is 9.80. The van der Waals surface area contributed by atoms with Gasteiger partial charge in [-0.15, -0.1) is 0 Å². The lowest BCUT2D eigenvalue weighted by Crippen LogP contribution is -2.00. The van der Waals surface area contributed by atoms with E-state index in [2.05, 4.69) is 64.7 Å². The van der Waals surface area contributed by atoms with Crippen molar-refractivity contribution in [2.45, 2.75) is 19.8 Å². The first-order chi connectivity index (χ1) is 16.7. The summed E-state index contributed by atoms with van der Waals surface area (Å²) in [5.41, 5.74) is 6.11. The van der Waals surface area contributed by atoms with E-state index in [1.54, 1.807) is 10.9 Å². The molecular formula is C27H24N6S. The van der Waals surface area contributed by atoms with Gasteiger partial charge < -0.3 is 0 Å². The number of nitrogens with zero attached hydrogens (tertiary/aromatic N) is 5. The number of aromatic amines is 1. The van der Waals surface area contributed by atoms with E-state index in [1.165, 1.54) is 0 Å². The van der Waals surface area contributed by atoms with E-state index < -0.39 is 0 Å². The molecule has 0 spiro atoms. The summed E-state index contributed by atoms with van der Waals surface area (Å²) in [6.45, 7) is 2.10. The molecular weight excluding hydrogens is 440 g/mol. The quantitative estimate of drug-likeness (QED) is 0.227. The molecule has 5 rings (SSSR count). The Morgan fingerprint density at radius 3 is 2.26 bits per heavy atom. The summed E-state index contributed by atoms with van der Waals surface area (Å²) in [5.74, 6) is 0.831. The van der Waals surface area contributed by atoms with Crippen molar-refractivity contribution in [1.29, 1.82) is 0 Å². The van der Waals surface area contributed by atoms with Crippen molar-refractivity contribution in [1.82, 2.24) is 24.7 Å². The van der Waals surface area contributed by atoms with E-state index in [-0.39, 0.29) is 0 Å². The maximum Gasteiger partial charge on any atom is 0.216 e. The average Bonchev–Trinajstić information content (AvgIpc) is 3.49. The molecule has 0 bridgehead atoms. The van der Waals surface area contributed by atoms with E-state index in [1.807, 2.05) is 53.2 Å². The summed E-state index contributed by atoms with van der Waals surface area (Å²) in [4.78, 5) is 0. The molecule has 0 amide bonds. The number of aryl methyl sites for hydroxylation is 1. The van der Waals surface area contributed by atoms with Gasteiger partial charge in [0.1, 0.15) is 0 Å². The number of H-pyrrole nitrogens is 1. The first-order valence-electron chi connectivity index (χ1n) is 11.2. The molecule has 0 aliphatic heterocycles. The first-order valence-corrected chi connectivity index (χ1v) is 11.7. The van der Waals surface area contributed by atoms with Gasteiger partial charge in [-0.3, -0.25) is 5.10 Å². The van der Waals surface area contributed by atoms with Gasteiger partial charge in [-0.2, -0.15) is 20.0 Å². The van der Waals surface area contributed by atoms with E-state index in [4.69, 9.17) is 17.3 Å². The lowest BCUT2D eigenvalue weighted by Gasteiger charge is -2.08. The van der Waals surface area contributed by atoms with Gasteiger partial charge in [0.15, 0.2) is 5.82 Å². The molecule has 0 aliphatic carbocycles. The minimum absolute atomic E-state index is 0.494. The molecule has 0 saturated carbocycles. The van der Waals surface area contributed by atoms with Crippen LogP contribution < -0.4 is 0 Å². The second-order valence-electron chi connectivity index (χ2n) is 7.90. The van der Waals surface area contributed by atoms with Crippen molar-refractivity contribution in [3.8, 4) is 28.2 Å². The van der Waals surface area contributed by atoms with E-state index in [0.717, 1.165) is 52.4 Å². The number of aromatic nitrogens is 5. The third kappa shape index (κ3) is 4.51. The average molecular weight is 465 g/mol. The minimum Gasteiger partial charge on any atom is -0.250 e. The summed E-state index contributed by atoms with van der Waals surface area (Å²) in [6, 6.07) is 30.8. The van der Waals surface area contributed by atoms with Crippen molar-refractivity contribution in [2.24, 2.45) is 5.10 Å². The third-order valence-corrected chi connectivity index (χ3v) is 5.76. The zero-order valence-corrected chi connectivity index (χ0v) is 19.6. The van der Waals surface area contributed by atoms with Crippen LogP contribution in [-0.2, 0) is 6.42 Å². The van der Waals surface area contributed by atoms with Gasteiger partial charge in [0.25, 0.3) is 0 Å². The van der Waals surface area contributed by atoms with Crippen molar-refractivity contribution >= 4 is 18.4 Å². The van der Waals surface area contributed by atoms with Crippen LogP contribution >= 0.6 is 12.2 Å². The predicted molar refractivity (Wildman–Crippen MR) is 139 cm³/mol. The molecule has 0 radical (unpaired) electrons. The number of hydrogen-bond acceptors (Lipinski definition) is 4. The Kier molecular flexibility index (Phi) is 6.27. The van der Waals surface area contributed by atoms with Crippen LogP contribution in [0.5, 0.6) is 0 Å². The van der Waals surface area contributed by atoms with Crippen LogP contribution in [0.1, 0.15) is 24.7 Å². The largest absolute Gasteiger partial charge is 0.250 e. The summed E-state index contributed by atoms with van der Waals surface area (Å²) in [5, 5.41) is 16.6. The molecule has 2 heterocycles. The fraction of sp³-hybridized carbons (Fsp3) is 0.111. The first kappa shape index (κ1) is 21.7. The van der Waals surface area contributed by atoms with E-state index >= 15 is 0 Å². The highest BCUT2D eigenvalue weighted by atomic mass is 32.1. The number of benzene rings is 3. The highest BCUT2D eigenvalue weighted by Gasteiger charge is 2.13. The van der Waals surface area contributed by atoms with Crippen molar-refractivity contribution in [2.75, 3.05) is 0 Å². The lowest BCUT2D eigenvalue weighted by molar-refractivity contribution is 0.740. The molecule has 2 aromatic heterocycles. The SMILES string of the molecule is CCCc1n[nH]c(=S)n1/N=C/c1ccc(-n2nc(-c3ccccc3)cc2-c2ccccc2)cc1. The Morgan fingerprint density at radius 1 is 0.912 bits per heavy atom. The van der Waals surface area contributed by atoms with Crippen LogP contribution in [0.4, 0.5) is 0 Å². The van der Waals surface area contributed by atoms with Gasteiger partial charge in [0.2, 0.25) is 4.77 Å². The molecule has 0 aliphatic rings. The molecule has 7 heteroatoms. The Balaban J connectivity index is 1.49. The van der Waals surface area contributed by atoms with Gasteiger partial charge in [0, 0.05) is 17.5 Å². The zero-order chi connectivity index (χ0) is 23.3. The summed E-state index contributed by atoms with van der Waals surface area (Å²) < 4.78 is 4.16. The Hall–Kier alpha value is -4.10. The van der Waals surface area contributed by atoms with Crippen LogP contribution in [0.3, 0.4) is 0 Å². The number of hydrogen-bond donors (Lipinski definition) is 1. The predicted octanol–water partition coefficient (Wildman–Crippen LogP) is 6.30. The summed E-state index contributed by atoms with van der Waals surface area (Å²) in [6.07, 6.45) is 3.59. The second-order valence-corrected chi connectivity index (χ2v) is 8.29. The van der Waals surface area contributed by atoms with E-state index in [9.17, 15) is 0 Å². The molecule has 0 saturated heterocycles. The molecule has 1 N–H and O–H groups in total. The lowest BCUT2D eigenvalue weighted by atomic mass is 10.1. The Bertz CT molecular complexity index is 1460. The normalized spacial score (nSPS) is 11.3. The smallest absolute Gasteiger partial charge is 0.216 e. The molecule has 0 unspecified atom stereocenters. The molecule has 34 heavy (non-hydrogen) atoms. The Labute approximate surface area is 203 Å². The molecule has 6 nitrogen and oxygen atoms in total. The fourth-order valence-corrected chi connectivity index (χ4v) is 4.00. The van der Waals surface area contributed by atoms with Crippen LogP contribution in [0, 0.1) is 4.77 Å². The maximum absolute atomic E-state index is 5.31. The van der Waals surface area contributed by atoms with Crippen LogP contribution in [0.25, 0.3) is 28.2 Å². The third-order valence-electron chi connectivity index (χ3n) is 5.50. The van der Waals surface area contributed by atoms with Crippen molar-refractivity contribution in [3.63, 3.8) is 0 Å². The fourth-order valence-electron chi connectivity index (χ4n) is 3.80. The van der Waals surface area contributed by atoms with Gasteiger partial charge in [-0.1, -0.05) is 79.7 Å². The van der Waals surface area contributed by atoms with Crippen molar-refractivity contribution < 1.29 is 0 Å². The van der Waals surface area contributed by atoms with Crippen LogP contribution in [0.2, 0.25) is 0 Å². The van der Waals surface area contributed by atoms with Gasteiger partial charge in [-0.05, 0) is 42.4 Å². The Morgan fingerprint density at radius 2 is 1.59 bits per heavy atom. The highest BCUT2D eigenvalue weighted by molar-refractivity contribution is 7.71. The number of nitrogens with one attached hydrogen (secondary N) is 1. The molecule has 0 fully saturated rings. The maximum atomic E-state index is 5.31. The molecule has 168 valence electrons. The van der Waals surface area contributed by atoms with Crippen LogP contribution in [-0.4, -0.2) is 30.9 Å². The topological polar surface area (TPSA) is 63.8 Å². The standard InChI is InChI=1S/C27H24N6S/c1-2-9-26-29-30-27(34)33(26)28-19-20-14-16-23(17-15-20)32-25(22-12-7-4-8-13-22)18-24(31-32)21-10-5-3-6-11-21/h3-8,10-19H,2,9H2,1H3,(H,30,34)/b28-19+. The molecule has 3 aromatic carbocycles. The van der Waals surface area contributed by atoms with Crippen LogP contribution in [0.15, 0.2) is 96.1 Å². The molecule has 5 aromatic rings. The zero-order valence-electron chi connectivity index (χ0n) is 18.8.